The Morgan fingerprint density at radius 1 is 1.29 bits per heavy atom. The Hall–Kier alpha value is -2.43. The summed E-state index contributed by atoms with van der Waals surface area (Å²) in [6.45, 7) is 1.88. The Kier molecular flexibility index (Phi) is 3.00. The molecule has 2 rings (SSSR count). The number of aromatic nitrogens is 2. The molecule has 0 spiro atoms. The van der Waals surface area contributed by atoms with E-state index in [1.807, 2.05) is 19.1 Å². The monoisotopic (exact) mass is 228 g/mol. The molecule has 5 heteroatoms. The molecule has 0 aromatic carbocycles. The number of hydrogen-bond donors (Lipinski definition) is 2. The molecule has 86 valence electrons. The van der Waals surface area contributed by atoms with Crippen molar-refractivity contribution in [3.8, 4) is 0 Å². The zero-order chi connectivity index (χ0) is 12.3. The van der Waals surface area contributed by atoms with Gasteiger partial charge in [0, 0.05) is 12.4 Å². The van der Waals surface area contributed by atoms with Gasteiger partial charge in [0.05, 0.1) is 5.56 Å². The van der Waals surface area contributed by atoms with Crippen LogP contribution in [0.5, 0.6) is 0 Å². The predicted molar refractivity (Wildman–Crippen MR) is 65.6 cm³/mol. The summed E-state index contributed by atoms with van der Waals surface area (Å²) in [5.74, 6) is 0.684. The maximum absolute atomic E-state index is 11.8. The molecular weight excluding hydrogens is 216 g/mol. The number of anilines is 2. The van der Waals surface area contributed by atoms with E-state index in [4.69, 9.17) is 5.73 Å². The zero-order valence-corrected chi connectivity index (χ0v) is 9.34. The minimum Gasteiger partial charge on any atom is -0.384 e. The zero-order valence-electron chi connectivity index (χ0n) is 9.34. The van der Waals surface area contributed by atoms with E-state index in [0.717, 1.165) is 5.56 Å². The second-order valence-electron chi connectivity index (χ2n) is 3.59. The van der Waals surface area contributed by atoms with Crippen molar-refractivity contribution in [2.45, 2.75) is 6.92 Å². The third kappa shape index (κ3) is 2.57. The highest BCUT2D eigenvalue weighted by Gasteiger charge is 2.08. The Balaban J connectivity index is 2.17. The largest absolute Gasteiger partial charge is 0.384 e. The van der Waals surface area contributed by atoms with Crippen LogP contribution in [0.4, 0.5) is 11.6 Å². The van der Waals surface area contributed by atoms with Crippen LogP contribution in [0, 0.1) is 6.92 Å². The molecule has 0 radical (unpaired) electrons. The Labute approximate surface area is 98.7 Å². The second kappa shape index (κ2) is 4.61. The molecule has 1 amide bonds. The first-order valence-corrected chi connectivity index (χ1v) is 5.11. The van der Waals surface area contributed by atoms with Gasteiger partial charge in [0.25, 0.3) is 5.91 Å². The highest BCUT2D eigenvalue weighted by atomic mass is 16.1. The molecule has 0 saturated carbocycles. The van der Waals surface area contributed by atoms with Gasteiger partial charge in [0.2, 0.25) is 0 Å². The van der Waals surface area contributed by atoms with Crippen LogP contribution in [-0.4, -0.2) is 15.9 Å². The van der Waals surface area contributed by atoms with Gasteiger partial charge >= 0.3 is 0 Å². The third-order valence-corrected chi connectivity index (χ3v) is 2.29. The SMILES string of the molecule is Cc1cccnc1NC(=O)c1ccc(N)nc1. The fraction of sp³-hybridized carbons (Fsp3) is 0.0833. The number of aryl methyl sites for hydroxylation is 1. The quantitative estimate of drug-likeness (QED) is 0.818. The summed E-state index contributed by atoms with van der Waals surface area (Å²) >= 11 is 0. The Morgan fingerprint density at radius 3 is 2.76 bits per heavy atom. The molecule has 0 aliphatic heterocycles. The third-order valence-electron chi connectivity index (χ3n) is 2.29. The van der Waals surface area contributed by atoms with Crippen molar-refractivity contribution in [2.75, 3.05) is 11.1 Å². The summed E-state index contributed by atoms with van der Waals surface area (Å²) < 4.78 is 0. The number of nitrogens with two attached hydrogens (primary N) is 1. The molecule has 0 bridgehead atoms. The Morgan fingerprint density at radius 2 is 2.12 bits per heavy atom. The van der Waals surface area contributed by atoms with E-state index >= 15 is 0 Å². The molecule has 0 unspecified atom stereocenters. The number of pyridine rings is 2. The van der Waals surface area contributed by atoms with Crippen molar-refractivity contribution in [3.63, 3.8) is 0 Å². The van der Waals surface area contributed by atoms with Crippen LogP contribution in [0.3, 0.4) is 0 Å². The standard InChI is InChI=1S/C12H12N4O/c1-8-3-2-6-14-11(8)16-12(17)9-4-5-10(13)15-7-9/h2-7H,1H3,(H2,13,15)(H,14,16,17). The van der Waals surface area contributed by atoms with Crippen LogP contribution in [0.2, 0.25) is 0 Å². The molecule has 17 heavy (non-hydrogen) atoms. The molecule has 3 N–H and O–H groups in total. The van der Waals surface area contributed by atoms with Crippen molar-refractivity contribution in [1.29, 1.82) is 0 Å². The van der Waals surface area contributed by atoms with Crippen LogP contribution in [0.25, 0.3) is 0 Å². The lowest BCUT2D eigenvalue weighted by Crippen LogP contribution is -2.14. The number of nitrogens with one attached hydrogen (secondary N) is 1. The van der Waals surface area contributed by atoms with Crippen molar-refractivity contribution < 1.29 is 4.79 Å². The minimum atomic E-state index is -0.251. The summed E-state index contributed by atoms with van der Waals surface area (Å²) in [7, 11) is 0. The predicted octanol–water partition coefficient (Wildman–Crippen LogP) is 1.62. The summed E-state index contributed by atoms with van der Waals surface area (Å²) in [6, 6.07) is 6.90. The van der Waals surface area contributed by atoms with Gasteiger partial charge < -0.3 is 11.1 Å². The van der Waals surface area contributed by atoms with Crippen molar-refractivity contribution in [1.82, 2.24) is 9.97 Å². The average molecular weight is 228 g/mol. The van der Waals surface area contributed by atoms with Gasteiger partial charge in [-0.2, -0.15) is 0 Å². The number of hydrogen-bond acceptors (Lipinski definition) is 4. The summed E-state index contributed by atoms with van der Waals surface area (Å²) in [5, 5.41) is 2.72. The lowest BCUT2D eigenvalue weighted by atomic mass is 10.2. The van der Waals surface area contributed by atoms with Crippen LogP contribution < -0.4 is 11.1 Å². The van der Waals surface area contributed by atoms with E-state index in [1.165, 1.54) is 6.20 Å². The Bertz CT molecular complexity index is 536. The number of carbonyl (C=O) groups is 1. The van der Waals surface area contributed by atoms with Crippen molar-refractivity contribution >= 4 is 17.5 Å². The number of nitrogen functional groups attached to an aromatic ring is 1. The molecule has 0 fully saturated rings. The number of carbonyl (C=O) groups excluding carboxylic acids is 1. The van der Waals surface area contributed by atoms with Crippen LogP contribution in [0.1, 0.15) is 15.9 Å². The first kappa shape index (κ1) is 11.1. The summed E-state index contributed by atoms with van der Waals surface area (Å²) in [4.78, 5) is 19.8. The fourth-order valence-corrected chi connectivity index (χ4v) is 1.34. The second-order valence-corrected chi connectivity index (χ2v) is 3.59. The molecule has 0 atom stereocenters. The first-order chi connectivity index (χ1) is 8.16. The first-order valence-electron chi connectivity index (χ1n) is 5.11. The summed E-state index contributed by atoms with van der Waals surface area (Å²) in [6.07, 6.45) is 3.06. The van der Waals surface area contributed by atoms with Gasteiger partial charge in [0.15, 0.2) is 0 Å². The smallest absolute Gasteiger partial charge is 0.258 e. The van der Waals surface area contributed by atoms with Gasteiger partial charge in [-0.1, -0.05) is 6.07 Å². The van der Waals surface area contributed by atoms with E-state index in [9.17, 15) is 4.79 Å². The number of rotatable bonds is 2. The van der Waals surface area contributed by atoms with E-state index in [2.05, 4.69) is 15.3 Å². The molecule has 0 aliphatic carbocycles. The average Bonchev–Trinajstić information content (AvgIpc) is 2.33. The van der Waals surface area contributed by atoms with Gasteiger partial charge in [-0.05, 0) is 30.7 Å². The lowest BCUT2D eigenvalue weighted by Gasteiger charge is -2.06. The highest BCUT2D eigenvalue weighted by molar-refractivity contribution is 6.03. The van der Waals surface area contributed by atoms with E-state index < -0.39 is 0 Å². The minimum absolute atomic E-state index is 0.251. The molecular formula is C12H12N4O. The van der Waals surface area contributed by atoms with Gasteiger partial charge in [-0.25, -0.2) is 9.97 Å². The van der Waals surface area contributed by atoms with Crippen molar-refractivity contribution in [3.05, 3.63) is 47.8 Å². The highest BCUT2D eigenvalue weighted by Crippen LogP contribution is 2.11. The van der Waals surface area contributed by atoms with Crippen LogP contribution in [0.15, 0.2) is 36.7 Å². The van der Waals surface area contributed by atoms with Gasteiger partial charge in [0.1, 0.15) is 11.6 Å². The normalized spacial score (nSPS) is 9.94. The number of nitrogens with zero attached hydrogens (tertiary/aromatic N) is 2. The van der Waals surface area contributed by atoms with Crippen molar-refractivity contribution in [2.24, 2.45) is 0 Å². The van der Waals surface area contributed by atoms with Crippen LogP contribution >= 0.6 is 0 Å². The topological polar surface area (TPSA) is 80.9 Å². The lowest BCUT2D eigenvalue weighted by molar-refractivity contribution is 0.102. The molecule has 2 aromatic rings. The molecule has 5 nitrogen and oxygen atoms in total. The van der Waals surface area contributed by atoms with E-state index in [0.29, 0.717) is 17.2 Å². The van der Waals surface area contributed by atoms with Gasteiger partial charge in [-0.3, -0.25) is 4.79 Å². The fourth-order valence-electron chi connectivity index (χ4n) is 1.34. The molecule has 2 heterocycles. The van der Waals surface area contributed by atoms with E-state index in [1.54, 1.807) is 18.3 Å². The number of amides is 1. The van der Waals surface area contributed by atoms with Gasteiger partial charge in [-0.15, -0.1) is 0 Å². The molecule has 0 aliphatic rings. The van der Waals surface area contributed by atoms with E-state index in [-0.39, 0.29) is 5.91 Å². The maximum atomic E-state index is 11.8. The van der Waals surface area contributed by atoms with Crippen LogP contribution in [-0.2, 0) is 0 Å². The molecule has 2 aromatic heterocycles. The maximum Gasteiger partial charge on any atom is 0.258 e. The molecule has 0 saturated heterocycles. The summed E-state index contributed by atoms with van der Waals surface area (Å²) in [5.41, 5.74) is 6.80.